The van der Waals surface area contributed by atoms with Crippen LogP contribution in [0.3, 0.4) is 0 Å². The van der Waals surface area contributed by atoms with Gasteiger partial charge in [-0.3, -0.25) is 4.79 Å². The van der Waals surface area contributed by atoms with Crippen LogP contribution in [0, 0.1) is 0 Å². The number of nitrogens with zero attached hydrogens (tertiary/aromatic N) is 1. The van der Waals surface area contributed by atoms with Gasteiger partial charge in [0.15, 0.2) is 0 Å². The van der Waals surface area contributed by atoms with Crippen molar-refractivity contribution in [3.05, 3.63) is 71.3 Å². The molecule has 9 heteroatoms. The highest BCUT2D eigenvalue weighted by molar-refractivity contribution is 7.89. The van der Waals surface area contributed by atoms with Gasteiger partial charge in [-0.1, -0.05) is 30.7 Å². The Hall–Kier alpha value is -2.65. The van der Waals surface area contributed by atoms with Crippen molar-refractivity contribution in [3.8, 4) is 0 Å². The Kier molecular flexibility index (Phi) is 7.17. The maximum atomic E-state index is 12.7. The maximum Gasteiger partial charge on any atom is 0.416 e. The summed E-state index contributed by atoms with van der Waals surface area (Å²) in [5.41, 5.74) is 0.185. The van der Waals surface area contributed by atoms with E-state index in [0.29, 0.717) is 18.7 Å². The minimum atomic E-state index is -4.44. The first-order valence-electron chi connectivity index (χ1n) is 9.88. The summed E-state index contributed by atoms with van der Waals surface area (Å²) in [7, 11) is -3.51. The van der Waals surface area contributed by atoms with Gasteiger partial charge in [0.1, 0.15) is 0 Å². The van der Waals surface area contributed by atoms with Gasteiger partial charge in [-0.15, -0.1) is 0 Å². The van der Waals surface area contributed by atoms with Gasteiger partial charge in [0.25, 0.3) is 0 Å². The summed E-state index contributed by atoms with van der Waals surface area (Å²) in [5.74, 6) is -0.470. The van der Waals surface area contributed by atoms with Crippen LogP contribution >= 0.6 is 0 Å². The first-order valence-corrected chi connectivity index (χ1v) is 11.3. The van der Waals surface area contributed by atoms with Crippen LogP contribution < -0.4 is 5.32 Å². The molecule has 1 N–H and O–H groups in total. The zero-order chi connectivity index (χ0) is 22.5. The Balaban J connectivity index is 1.56. The van der Waals surface area contributed by atoms with Gasteiger partial charge in [0, 0.05) is 25.7 Å². The van der Waals surface area contributed by atoms with Gasteiger partial charge in [0.2, 0.25) is 15.9 Å². The van der Waals surface area contributed by atoms with Gasteiger partial charge >= 0.3 is 6.18 Å². The Morgan fingerprint density at radius 2 is 1.71 bits per heavy atom. The number of benzene rings is 2. The third-order valence-corrected chi connectivity index (χ3v) is 6.90. The van der Waals surface area contributed by atoms with E-state index in [2.05, 4.69) is 5.32 Å². The Labute approximate surface area is 179 Å². The predicted octanol–water partition coefficient (Wildman–Crippen LogP) is 4.21. The molecule has 166 valence electrons. The topological polar surface area (TPSA) is 66.5 Å². The van der Waals surface area contributed by atoms with Gasteiger partial charge in [-0.05, 0) is 54.3 Å². The number of amides is 1. The van der Waals surface area contributed by atoms with E-state index in [9.17, 15) is 26.4 Å². The van der Waals surface area contributed by atoms with Crippen molar-refractivity contribution in [2.45, 2.75) is 36.9 Å². The standard InChI is InChI=1S/C22H23F3N2O3S/c23-22(24,25)19-6-4-5-17(15-19)9-12-21(28)26-16-18-7-10-20(11-8-18)31(29,30)27-13-2-1-3-14-27/h4-12,15H,1-3,13-14,16H2,(H,26,28)/b12-9+. The minimum absolute atomic E-state index is 0.163. The Bertz CT molecular complexity index is 1040. The molecule has 0 saturated carbocycles. The number of carbonyl (C=O) groups excluding carboxylic acids is 1. The molecular formula is C22H23F3N2O3S. The third-order valence-electron chi connectivity index (χ3n) is 4.98. The predicted molar refractivity (Wildman–Crippen MR) is 111 cm³/mol. The number of sulfonamides is 1. The lowest BCUT2D eigenvalue weighted by atomic mass is 10.1. The summed E-state index contributed by atoms with van der Waals surface area (Å²) in [5, 5.41) is 2.63. The highest BCUT2D eigenvalue weighted by atomic mass is 32.2. The molecule has 0 atom stereocenters. The molecule has 1 heterocycles. The SMILES string of the molecule is O=C(/C=C/c1cccc(C(F)(F)F)c1)NCc1ccc(S(=O)(=O)N2CCCCC2)cc1. The van der Waals surface area contributed by atoms with Crippen LogP contribution in [-0.2, 0) is 27.5 Å². The molecule has 1 amide bonds. The average molecular weight is 452 g/mol. The fourth-order valence-corrected chi connectivity index (χ4v) is 4.79. The fraction of sp³-hybridized carbons (Fsp3) is 0.318. The van der Waals surface area contributed by atoms with Crippen molar-refractivity contribution in [3.63, 3.8) is 0 Å². The molecule has 1 aliphatic heterocycles. The Morgan fingerprint density at radius 1 is 1.03 bits per heavy atom. The monoisotopic (exact) mass is 452 g/mol. The lowest BCUT2D eigenvalue weighted by Gasteiger charge is -2.25. The van der Waals surface area contributed by atoms with Crippen molar-refractivity contribution in [1.82, 2.24) is 9.62 Å². The number of alkyl halides is 3. The second kappa shape index (κ2) is 9.65. The first kappa shape index (κ1) is 23.0. The molecule has 0 aromatic heterocycles. The van der Waals surface area contributed by atoms with Gasteiger partial charge in [-0.2, -0.15) is 17.5 Å². The third kappa shape index (κ3) is 6.18. The number of halogens is 3. The van der Waals surface area contributed by atoms with Gasteiger partial charge in [0.05, 0.1) is 10.5 Å². The normalized spacial score (nSPS) is 15.8. The van der Waals surface area contributed by atoms with E-state index in [1.165, 1.54) is 34.6 Å². The summed E-state index contributed by atoms with van der Waals surface area (Å²) in [4.78, 5) is 12.2. The Morgan fingerprint density at radius 3 is 2.35 bits per heavy atom. The van der Waals surface area contributed by atoms with E-state index >= 15 is 0 Å². The highest BCUT2D eigenvalue weighted by Gasteiger charge is 2.30. The second-order valence-electron chi connectivity index (χ2n) is 7.28. The minimum Gasteiger partial charge on any atom is -0.348 e. The quantitative estimate of drug-likeness (QED) is 0.668. The number of piperidine rings is 1. The summed E-state index contributed by atoms with van der Waals surface area (Å²) in [6.07, 6.45) is 0.769. The number of carbonyl (C=O) groups is 1. The van der Waals surface area contributed by atoms with Gasteiger partial charge < -0.3 is 5.32 Å². The molecule has 3 rings (SSSR count). The van der Waals surface area contributed by atoms with Gasteiger partial charge in [-0.25, -0.2) is 8.42 Å². The summed E-state index contributed by atoms with van der Waals surface area (Å²) < 4.78 is 65.0. The molecule has 5 nitrogen and oxygen atoms in total. The van der Waals surface area contributed by atoms with E-state index in [-0.39, 0.29) is 17.0 Å². The maximum absolute atomic E-state index is 12.7. The lowest BCUT2D eigenvalue weighted by Crippen LogP contribution is -2.35. The van der Waals surface area contributed by atoms with Crippen LogP contribution in [0.4, 0.5) is 13.2 Å². The van der Waals surface area contributed by atoms with Crippen molar-refractivity contribution in [1.29, 1.82) is 0 Å². The summed E-state index contributed by atoms with van der Waals surface area (Å²) in [6, 6.07) is 11.0. The summed E-state index contributed by atoms with van der Waals surface area (Å²) in [6.45, 7) is 1.21. The molecule has 1 saturated heterocycles. The van der Waals surface area contributed by atoms with E-state index in [4.69, 9.17) is 0 Å². The van der Waals surface area contributed by atoms with Crippen LogP contribution in [-0.4, -0.2) is 31.7 Å². The number of hydrogen-bond acceptors (Lipinski definition) is 3. The zero-order valence-electron chi connectivity index (χ0n) is 16.7. The molecule has 0 unspecified atom stereocenters. The van der Waals surface area contributed by atoms with E-state index < -0.39 is 27.7 Å². The van der Waals surface area contributed by atoms with E-state index in [0.717, 1.165) is 37.5 Å². The van der Waals surface area contributed by atoms with Crippen molar-refractivity contribution < 1.29 is 26.4 Å². The van der Waals surface area contributed by atoms with E-state index in [1.54, 1.807) is 12.1 Å². The van der Waals surface area contributed by atoms with E-state index in [1.807, 2.05) is 0 Å². The average Bonchev–Trinajstić information content (AvgIpc) is 2.77. The van der Waals surface area contributed by atoms with Crippen LogP contribution in [0.2, 0.25) is 0 Å². The molecule has 0 radical (unpaired) electrons. The summed E-state index contributed by atoms with van der Waals surface area (Å²) >= 11 is 0. The van der Waals surface area contributed by atoms with Crippen LogP contribution in [0.5, 0.6) is 0 Å². The van der Waals surface area contributed by atoms with Crippen LogP contribution in [0.15, 0.2) is 59.5 Å². The molecule has 0 spiro atoms. The molecule has 31 heavy (non-hydrogen) atoms. The first-order chi connectivity index (χ1) is 14.7. The van der Waals surface area contributed by atoms with Crippen molar-refractivity contribution in [2.24, 2.45) is 0 Å². The van der Waals surface area contributed by atoms with Crippen molar-refractivity contribution in [2.75, 3.05) is 13.1 Å². The molecular weight excluding hydrogens is 429 g/mol. The molecule has 2 aromatic rings. The molecule has 0 bridgehead atoms. The number of rotatable bonds is 6. The smallest absolute Gasteiger partial charge is 0.348 e. The molecule has 1 aliphatic rings. The fourth-order valence-electron chi connectivity index (χ4n) is 3.27. The molecule has 1 fully saturated rings. The van der Waals surface area contributed by atoms with Crippen molar-refractivity contribution >= 4 is 22.0 Å². The zero-order valence-corrected chi connectivity index (χ0v) is 17.5. The molecule has 0 aliphatic carbocycles. The highest BCUT2D eigenvalue weighted by Crippen LogP contribution is 2.29. The molecule has 2 aromatic carbocycles. The number of hydrogen-bond donors (Lipinski definition) is 1. The van der Waals surface area contributed by atoms with Crippen LogP contribution in [0.1, 0.15) is 36.0 Å². The van der Waals surface area contributed by atoms with Crippen LogP contribution in [0.25, 0.3) is 6.08 Å². The number of nitrogens with one attached hydrogen (secondary N) is 1. The largest absolute Gasteiger partial charge is 0.416 e. The second-order valence-corrected chi connectivity index (χ2v) is 9.22. The lowest BCUT2D eigenvalue weighted by molar-refractivity contribution is -0.137.